The van der Waals surface area contributed by atoms with E-state index in [2.05, 4.69) is 19.2 Å². The molecule has 1 unspecified atom stereocenters. The molecule has 0 aromatic heterocycles. The summed E-state index contributed by atoms with van der Waals surface area (Å²) >= 11 is 0. The molecule has 1 aliphatic heterocycles. The van der Waals surface area contributed by atoms with Crippen molar-refractivity contribution in [2.24, 2.45) is 5.41 Å². The molecule has 1 heterocycles. The molecular formula is C11H23NO3S. The second-order valence-corrected chi connectivity index (χ2v) is 7.07. The summed E-state index contributed by atoms with van der Waals surface area (Å²) in [6, 6.07) is 0.0778. The quantitative estimate of drug-likeness (QED) is 0.722. The second-order valence-electron chi connectivity index (χ2n) is 4.85. The number of nitrogens with one attached hydrogen (secondary N) is 1. The number of hydrogen-bond acceptors (Lipinski definition) is 4. The molecule has 0 aliphatic carbocycles. The van der Waals surface area contributed by atoms with E-state index in [1.165, 1.54) is 0 Å². The highest BCUT2D eigenvalue weighted by atomic mass is 32.2. The highest BCUT2D eigenvalue weighted by Crippen LogP contribution is 2.25. The van der Waals surface area contributed by atoms with Crippen LogP contribution in [-0.2, 0) is 9.84 Å². The summed E-state index contributed by atoms with van der Waals surface area (Å²) in [5.41, 5.74) is -0.0909. The summed E-state index contributed by atoms with van der Waals surface area (Å²) in [5, 5.41) is 12.7. The van der Waals surface area contributed by atoms with Crippen molar-refractivity contribution in [3.63, 3.8) is 0 Å². The molecule has 0 aromatic carbocycles. The molecule has 1 aliphatic rings. The maximum absolute atomic E-state index is 11.3. The molecule has 4 nitrogen and oxygen atoms in total. The van der Waals surface area contributed by atoms with E-state index >= 15 is 0 Å². The van der Waals surface area contributed by atoms with E-state index in [9.17, 15) is 13.5 Å². The standard InChI is InChI=1S/C11H23NO3S/c1-3-11(4-2,9-13)8-12-10-5-6-16(14,15)7-10/h10,12-13H,3-9H2,1-2H3. The largest absolute Gasteiger partial charge is 0.396 e. The molecule has 5 heteroatoms. The second kappa shape index (κ2) is 5.47. The van der Waals surface area contributed by atoms with Gasteiger partial charge >= 0.3 is 0 Å². The minimum Gasteiger partial charge on any atom is -0.396 e. The fraction of sp³-hybridized carbons (Fsp3) is 1.00. The Bertz CT molecular complexity index is 301. The number of aliphatic hydroxyl groups is 1. The van der Waals surface area contributed by atoms with Crippen LogP contribution in [0.1, 0.15) is 33.1 Å². The summed E-state index contributed by atoms with van der Waals surface area (Å²) in [6.07, 6.45) is 2.52. The van der Waals surface area contributed by atoms with Crippen molar-refractivity contribution >= 4 is 9.84 Å². The normalized spacial score (nSPS) is 24.8. The van der Waals surface area contributed by atoms with Gasteiger partial charge in [0.1, 0.15) is 0 Å². The monoisotopic (exact) mass is 249 g/mol. The molecule has 0 aromatic rings. The molecule has 0 amide bonds. The smallest absolute Gasteiger partial charge is 0.151 e. The summed E-state index contributed by atoms with van der Waals surface area (Å²) < 4.78 is 22.6. The minimum atomic E-state index is -2.81. The summed E-state index contributed by atoms with van der Waals surface area (Å²) in [7, 11) is -2.81. The van der Waals surface area contributed by atoms with Gasteiger partial charge in [-0.25, -0.2) is 8.42 Å². The Hall–Kier alpha value is -0.130. The molecule has 0 bridgehead atoms. The number of aliphatic hydroxyl groups excluding tert-OH is 1. The van der Waals surface area contributed by atoms with Gasteiger partial charge in [0.05, 0.1) is 11.5 Å². The van der Waals surface area contributed by atoms with Gasteiger partial charge in [-0.2, -0.15) is 0 Å². The first kappa shape index (κ1) is 13.9. The van der Waals surface area contributed by atoms with Crippen molar-refractivity contribution in [1.29, 1.82) is 0 Å². The van der Waals surface area contributed by atoms with Crippen molar-refractivity contribution in [2.75, 3.05) is 24.7 Å². The maximum Gasteiger partial charge on any atom is 0.151 e. The van der Waals surface area contributed by atoms with Crippen LogP contribution in [0.4, 0.5) is 0 Å². The van der Waals surface area contributed by atoms with Crippen LogP contribution in [0.25, 0.3) is 0 Å². The number of hydrogen-bond donors (Lipinski definition) is 2. The lowest BCUT2D eigenvalue weighted by Gasteiger charge is -2.31. The van der Waals surface area contributed by atoms with Crippen LogP contribution in [-0.4, -0.2) is 44.2 Å². The van der Waals surface area contributed by atoms with Crippen molar-refractivity contribution in [2.45, 2.75) is 39.2 Å². The van der Waals surface area contributed by atoms with Gasteiger partial charge in [0.15, 0.2) is 9.84 Å². The highest BCUT2D eigenvalue weighted by Gasteiger charge is 2.31. The third-order valence-electron chi connectivity index (χ3n) is 3.83. The van der Waals surface area contributed by atoms with E-state index in [0.29, 0.717) is 18.7 Å². The SMILES string of the molecule is CCC(CC)(CO)CNC1CCS(=O)(=O)C1. The van der Waals surface area contributed by atoms with Gasteiger partial charge < -0.3 is 10.4 Å². The Labute approximate surface area is 98.4 Å². The predicted octanol–water partition coefficient (Wildman–Crippen LogP) is 0.562. The first-order chi connectivity index (χ1) is 7.47. The Kier molecular flexibility index (Phi) is 4.76. The molecule has 16 heavy (non-hydrogen) atoms. The van der Waals surface area contributed by atoms with Gasteiger partial charge in [0.2, 0.25) is 0 Å². The fourth-order valence-electron chi connectivity index (χ4n) is 2.10. The lowest BCUT2D eigenvalue weighted by molar-refractivity contribution is 0.110. The van der Waals surface area contributed by atoms with Gasteiger partial charge in [0, 0.05) is 24.6 Å². The molecule has 0 saturated carbocycles. The molecule has 1 saturated heterocycles. The molecule has 1 rings (SSSR count). The topological polar surface area (TPSA) is 66.4 Å². The zero-order valence-corrected chi connectivity index (χ0v) is 11.0. The van der Waals surface area contributed by atoms with Gasteiger partial charge in [-0.1, -0.05) is 13.8 Å². The van der Waals surface area contributed by atoms with E-state index in [-0.39, 0.29) is 23.8 Å². The van der Waals surface area contributed by atoms with Crippen LogP contribution in [0.15, 0.2) is 0 Å². The fourth-order valence-corrected chi connectivity index (χ4v) is 3.80. The van der Waals surface area contributed by atoms with E-state index in [0.717, 1.165) is 12.8 Å². The first-order valence-electron chi connectivity index (χ1n) is 6.01. The third kappa shape index (κ3) is 3.43. The zero-order valence-electron chi connectivity index (χ0n) is 10.2. The van der Waals surface area contributed by atoms with Crippen LogP contribution in [0, 0.1) is 5.41 Å². The van der Waals surface area contributed by atoms with E-state index in [1.54, 1.807) is 0 Å². The maximum atomic E-state index is 11.3. The molecule has 1 atom stereocenters. The van der Waals surface area contributed by atoms with Crippen molar-refractivity contribution in [3.05, 3.63) is 0 Å². The van der Waals surface area contributed by atoms with Crippen LogP contribution >= 0.6 is 0 Å². The highest BCUT2D eigenvalue weighted by molar-refractivity contribution is 7.91. The first-order valence-corrected chi connectivity index (χ1v) is 7.84. The Morgan fingerprint density at radius 3 is 2.38 bits per heavy atom. The Morgan fingerprint density at radius 2 is 2.00 bits per heavy atom. The van der Waals surface area contributed by atoms with Gasteiger partial charge in [-0.15, -0.1) is 0 Å². The summed E-state index contributed by atoms with van der Waals surface area (Å²) in [5.74, 6) is 0.553. The minimum absolute atomic E-state index is 0.0778. The van der Waals surface area contributed by atoms with E-state index < -0.39 is 9.84 Å². The summed E-state index contributed by atoms with van der Waals surface area (Å²) in [4.78, 5) is 0. The van der Waals surface area contributed by atoms with Crippen LogP contribution in [0.5, 0.6) is 0 Å². The number of sulfone groups is 1. The molecule has 0 radical (unpaired) electrons. The molecule has 96 valence electrons. The average Bonchev–Trinajstić information content (AvgIpc) is 2.61. The molecule has 0 spiro atoms. The number of rotatable bonds is 6. The lowest BCUT2D eigenvalue weighted by Crippen LogP contribution is -2.41. The average molecular weight is 249 g/mol. The summed E-state index contributed by atoms with van der Waals surface area (Å²) in [6.45, 7) is 4.99. The van der Waals surface area contributed by atoms with Gasteiger partial charge in [-0.3, -0.25) is 0 Å². The van der Waals surface area contributed by atoms with Crippen LogP contribution in [0.3, 0.4) is 0 Å². The van der Waals surface area contributed by atoms with Crippen molar-refractivity contribution in [1.82, 2.24) is 5.32 Å². The Balaban J connectivity index is 2.45. The lowest BCUT2D eigenvalue weighted by atomic mass is 9.83. The van der Waals surface area contributed by atoms with Gasteiger partial charge in [0.25, 0.3) is 0 Å². The van der Waals surface area contributed by atoms with Crippen molar-refractivity contribution < 1.29 is 13.5 Å². The zero-order chi connectivity index (χ0) is 12.2. The van der Waals surface area contributed by atoms with E-state index in [1.807, 2.05) is 0 Å². The molecule has 2 N–H and O–H groups in total. The Morgan fingerprint density at radius 1 is 1.38 bits per heavy atom. The molecular weight excluding hydrogens is 226 g/mol. The van der Waals surface area contributed by atoms with Crippen LogP contribution in [0.2, 0.25) is 0 Å². The van der Waals surface area contributed by atoms with Crippen molar-refractivity contribution in [3.8, 4) is 0 Å². The molecule has 1 fully saturated rings. The van der Waals surface area contributed by atoms with Gasteiger partial charge in [-0.05, 0) is 19.3 Å². The predicted molar refractivity (Wildman–Crippen MR) is 65.2 cm³/mol. The van der Waals surface area contributed by atoms with Crippen LogP contribution < -0.4 is 5.32 Å². The van der Waals surface area contributed by atoms with E-state index in [4.69, 9.17) is 0 Å². The third-order valence-corrected chi connectivity index (χ3v) is 5.60.